The number of sulfonamides is 1. The van der Waals surface area contributed by atoms with Crippen molar-refractivity contribution in [2.45, 2.75) is 31.6 Å². The summed E-state index contributed by atoms with van der Waals surface area (Å²) in [6.07, 6.45) is 1.50. The van der Waals surface area contributed by atoms with Crippen LogP contribution in [-0.4, -0.2) is 31.2 Å². The van der Waals surface area contributed by atoms with Gasteiger partial charge in [0.05, 0.1) is 9.82 Å². The number of benzene rings is 1. The molecule has 0 fully saturated rings. The van der Waals surface area contributed by atoms with Crippen LogP contribution >= 0.6 is 0 Å². The van der Waals surface area contributed by atoms with Gasteiger partial charge in [0.15, 0.2) is 0 Å². The van der Waals surface area contributed by atoms with Crippen LogP contribution in [0.2, 0.25) is 0 Å². The van der Waals surface area contributed by atoms with Gasteiger partial charge in [-0.2, -0.15) is 4.39 Å². The molecule has 0 heterocycles. The highest BCUT2D eigenvalue weighted by Crippen LogP contribution is 2.27. The Hall–Kier alpha value is -1.54. The molecular weight excluding hydrogens is 287 g/mol. The summed E-state index contributed by atoms with van der Waals surface area (Å²) in [4.78, 5) is 9.55. The third-order valence-corrected chi connectivity index (χ3v) is 4.95. The van der Waals surface area contributed by atoms with Gasteiger partial charge >= 0.3 is 5.69 Å². The molecule has 0 aliphatic carbocycles. The molecule has 0 bridgehead atoms. The Bertz CT molecular complexity index is 616. The van der Waals surface area contributed by atoms with Crippen LogP contribution in [0.1, 0.15) is 25.3 Å². The molecule has 0 spiro atoms. The van der Waals surface area contributed by atoms with E-state index in [1.165, 1.54) is 14.0 Å². The van der Waals surface area contributed by atoms with Gasteiger partial charge in [0.1, 0.15) is 0 Å². The second-order valence-corrected chi connectivity index (χ2v) is 6.52. The largest absolute Gasteiger partial charge is 0.306 e. The van der Waals surface area contributed by atoms with Crippen LogP contribution in [0.15, 0.2) is 17.0 Å². The molecule has 112 valence electrons. The number of rotatable bonds is 6. The molecule has 0 N–H and O–H groups in total. The summed E-state index contributed by atoms with van der Waals surface area (Å²) in [6.45, 7) is 3.64. The Morgan fingerprint density at radius 3 is 2.50 bits per heavy atom. The first kappa shape index (κ1) is 16.5. The summed E-state index contributed by atoms with van der Waals surface area (Å²) in [6, 6.07) is 1.65. The Labute approximate surface area is 117 Å². The third-order valence-electron chi connectivity index (χ3n) is 2.96. The SMILES string of the molecule is CCCCN(C)S(=O)(=O)c1cc([N+](=O)[O-])c(F)cc1C. The molecule has 1 rings (SSSR count). The van der Waals surface area contributed by atoms with Gasteiger partial charge in [0.2, 0.25) is 15.8 Å². The first-order valence-corrected chi connectivity index (χ1v) is 7.56. The standard InChI is InChI=1S/C12H17FN2O4S/c1-4-5-6-14(3)20(18,19)12-8-11(15(16)17)10(13)7-9(12)2/h7-8H,4-6H2,1-3H3. The number of hydrogen-bond donors (Lipinski definition) is 0. The predicted molar refractivity (Wildman–Crippen MR) is 72.5 cm³/mol. The van der Waals surface area contributed by atoms with Crippen molar-refractivity contribution in [3.63, 3.8) is 0 Å². The van der Waals surface area contributed by atoms with E-state index in [9.17, 15) is 22.9 Å². The second-order valence-electron chi connectivity index (χ2n) is 4.51. The molecule has 0 atom stereocenters. The topological polar surface area (TPSA) is 80.5 Å². The van der Waals surface area contributed by atoms with E-state index in [1.807, 2.05) is 6.92 Å². The smallest absolute Gasteiger partial charge is 0.258 e. The average molecular weight is 304 g/mol. The Morgan fingerprint density at radius 2 is 2.00 bits per heavy atom. The lowest BCUT2D eigenvalue weighted by molar-refractivity contribution is -0.387. The zero-order chi connectivity index (χ0) is 15.5. The van der Waals surface area contributed by atoms with E-state index >= 15 is 0 Å². The van der Waals surface area contributed by atoms with Crippen LogP contribution < -0.4 is 0 Å². The van der Waals surface area contributed by atoms with E-state index in [-0.39, 0.29) is 10.5 Å². The van der Waals surface area contributed by atoms with Crippen molar-refractivity contribution in [3.05, 3.63) is 33.6 Å². The molecule has 8 heteroatoms. The minimum atomic E-state index is -3.85. The number of halogens is 1. The summed E-state index contributed by atoms with van der Waals surface area (Å²) in [5.74, 6) is -1.04. The fraction of sp³-hybridized carbons (Fsp3) is 0.500. The average Bonchev–Trinajstić information content (AvgIpc) is 2.34. The van der Waals surface area contributed by atoms with Crippen molar-refractivity contribution in [2.75, 3.05) is 13.6 Å². The monoisotopic (exact) mass is 304 g/mol. The van der Waals surface area contributed by atoms with Crippen molar-refractivity contribution in [1.82, 2.24) is 4.31 Å². The Morgan fingerprint density at radius 1 is 1.40 bits per heavy atom. The van der Waals surface area contributed by atoms with Crippen LogP contribution in [0.25, 0.3) is 0 Å². The van der Waals surface area contributed by atoms with Gasteiger partial charge in [-0.15, -0.1) is 0 Å². The predicted octanol–water partition coefficient (Wildman–Crippen LogP) is 2.46. The maximum absolute atomic E-state index is 13.4. The normalized spacial score (nSPS) is 11.8. The molecule has 0 radical (unpaired) electrons. The lowest BCUT2D eigenvalue weighted by Crippen LogP contribution is -2.28. The number of unbranched alkanes of at least 4 members (excludes halogenated alkanes) is 1. The van der Waals surface area contributed by atoms with Crippen molar-refractivity contribution in [1.29, 1.82) is 0 Å². The van der Waals surface area contributed by atoms with E-state index in [2.05, 4.69) is 0 Å². The van der Waals surface area contributed by atoms with Gasteiger partial charge in [-0.25, -0.2) is 12.7 Å². The van der Waals surface area contributed by atoms with Gasteiger partial charge in [0, 0.05) is 19.7 Å². The van der Waals surface area contributed by atoms with Crippen LogP contribution in [0.4, 0.5) is 10.1 Å². The highest BCUT2D eigenvalue weighted by atomic mass is 32.2. The quantitative estimate of drug-likeness (QED) is 0.597. The van der Waals surface area contributed by atoms with E-state index in [1.54, 1.807) is 0 Å². The molecule has 0 saturated heterocycles. The van der Waals surface area contributed by atoms with Gasteiger partial charge < -0.3 is 0 Å². The van der Waals surface area contributed by atoms with Crippen LogP contribution in [0.5, 0.6) is 0 Å². The van der Waals surface area contributed by atoms with E-state index in [4.69, 9.17) is 0 Å². The van der Waals surface area contributed by atoms with E-state index in [0.29, 0.717) is 13.0 Å². The maximum Gasteiger partial charge on any atom is 0.306 e. The summed E-state index contributed by atoms with van der Waals surface area (Å²) in [5, 5.41) is 10.7. The molecular formula is C12H17FN2O4S. The van der Waals surface area contributed by atoms with E-state index in [0.717, 1.165) is 22.9 Å². The Balaban J connectivity index is 3.31. The lowest BCUT2D eigenvalue weighted by atomic mass is 10.2. The summed E-state index contributed by atoms with van der Waals surface area (Å²) in [7, 11) is -2.45. The minimum absolute atomic E-state index is 0.149. The lowest BCUT2D eigenvalue weighted by Gasteiger charge is -2.18. The maximum atomic E-state index is 13.4. The van der Waals surface area contributed by atoms with E-state index < -0.39 is 26.5 Å². The molecule has 0 aromatic heterocycles. The molecule has 0 saturated carbocycles. The number of hydrogen-bond acceptors (Lipinski definition) is 4. The molecule has 0 aliphatic rings. The molecule has 1 aromatic carbocycles. The molecule has 0 amide bonds. The van der Waals surface area contributed by atoms with Gasteiger partial charge in [0.25, 0.3) is 0 Å². The minimum Gasteiger partial charge on any atom is -0.258 e. The van der Waals surface area contributed by atoms with Crippen molar-refractivity contribution < 1.29 is 17.7 Å². The second kappa shape index (κ2) is 6.27. The molecule has 0 unspecified atom stereocenters. The first-order chi connectivity index (χ1) is 9.21. The molecule has 20 heavy (non-hydrogen) atoms. The highest BCUT2D eigenvalue weighted by Gasteiger charge is 2.27. The Kier molecular flexibility index (Phi) is 5.18. The number of nitrogens with zero attached hydrogens (tertiary/aromatic N) is 2. The number of nitro groups is 1. The first-order valence-electron chi connectivity index (χ1n) is 6.12. The number of nitro benzene ring substituents is 1. The van der Waals surface area contributed by atoms with Crippen LogP contribution in [0.3, 0.4) is 0 Å². The van der Waals surface area contributed by atoms with Crippen molar-refractivity contribution >= 4 is 15.7 Å². The van der Waals surface area contributed by atoms with Crippen molar-refractivity contribution in [3.8, 4) is 0 Å². The molecule has 0 aliphatic heterocycles. The van der Waals surface area contributed by atoms with Gasteiger partial charge in [-0.1, -0.05) is 13.3 Å². The molecule has 6 nitrogen and oxygen atoms in total. The van der Waals surface area contributed by atoms with Crippen molar-refractivity contribution in [2.24, 2.45) is 0 Å². The van der Waals surface area contributed by atoms with Gasteiger partial charge in [-0.05, 0) is 25.0 Å². The van der Waals surface area contributed by atoms with Gasteiger partial charge in [-0.3, -0.25) is 10.1 Å². The zero-order valence-electron chi connectivity index (χ0n) is 11.6. The third kappa shape index (κ3) is 3.31. The molecule has 1 aromatic rings. The van der Waals surface area contributed by atoms with Crippen LogP contribution in [-0.2, 0) is 10.0 Å². The van der Waals surface area contributed by atoms with Crippen LogP contribution in [0, 0.1) is 22.9 Å². The fourth-order valence-electron chi connectivity index (χ4n) is 1.73. The fourth-order valence-corrected chi connectivity index (χ4v) is 3.16. The zero-order valence-corrected chi connectivity index (χ0v) is 12.4. The highest BCUT2D eigenvalue weighted by molar-refractivity contribution is 7.89. The number of aryl methyl sites for hydroxylation is 1. The summed E-state index contributed by atoms with van der Waals surface area (Å²) >= 11 is 0. The summed E-state index contributed by atoms with van der Waals surface area (Å²) in [5.41, 5.74) is -0.686. The summed E-state index contributed by atoms with van der Waals surface area (Å²) < 4.78 is 39.2.